The molecule has 262 valence electrons. The Labute approximate surface area is 290 Å². The molecule has 2 aliphatic rings. The molecule has 2 aliphatic heterocycles. The van der Waals surface area contributed by atoms with Crippen LogP contribution in [0.4, 0.5) is 19.0 Å². The van der Waals surface area contributed by atoms with Crippen molar-refractivity contribution in [1.29, 1.82) is 0 Å². The lowest BCUT2D eigenvalue weighted by atomic mass is 9.82. The molecular formula is C35H36F3N7O4S. The summed E-state index contributed by atoms with van der Waals surface area (Å²) in [6, 6.07) is 15.6. The van der Waals surface area contributed by atoms with Crippen LogP contribution in [0.5, 0.6) is 0 Å². The van der Waals surface area contributed by atoms with E-state index in [0.29, 0.717) is 59.3 Å². The molecule has 1 fully saturated rings. The van der Waals surface area contributed by atoms with E-state index in [1.165, 1.54) is 4.90 Å². The number of para-hydroxylation sites is 1. The molecule has 2 aromatic heterocycles. The summed E-state index contributed by atoms with van der Waals surface area (Å²) in [6.07, 6.45) is -3.07. The van der Waals surface area contributed by atoms with Crippen molar-refractivity contribution in [2.45, 2.75) is 37.6 Å². The van der Waals surface area contributed by atoms with Crippen LogP contribution in [0, 0.1) is 0 Å². The summed E-state index contributed by atoms with van der Waals surface area (Å²) >= 11 is 0.307. The fraction of sp³-hybridized carbons (Fsp3) is 0.343. The molecule has 0 bridgehead atoms. The summed E-state index contributed by atoms with van der Waals surface area (Å²) in [5.74, 6) is -1.85. The van der Waals surface area contributed by atoms with Crippen LogP contribution >= 0.6 is 11.3 Å². The summed E-state index contributed by atoms with van der Waals surface area (Å²) < 4.78 is 46.8. The van der Waals surface area contributed by atoms with Crippen molar-refractivity contribution >= 4 is 34.9 Å². The zero-order valence-electron chi connectivity index (χ0n) is 27.7. The van der Waals surface area contributed by atoms with E-state index < -0.39 is 40.7 Å². The van der Waals surface area contributed by atoms with E-state index in [0.717, 1.165) is 10.9 Å². The van der Waals surface area contributed by atoms with E-state index in [2.05, 4.69) is 22.0 Å². The predicted octanol–water partition coefficient (Wildman–Crippen LogP) is 4.49. The average Bonchev–Trinajstić information content (AvgIpc) is 3.73. The van der Waals surface area contributed by atoms with Gasteiger partial charge >= 0.3 is 6.18 Å². The van der Waals surface area contributed by atoms with Crippen LogP contribution in [0.15, 0.2) is 78.3 Å². The molecule has 0 saturated carbocycles. The molecule has 6 rings (SSSR count). The Hall–Kier alpha value is -4.86. The Bertz CT molecular complexity index is 1910. The highest BCUT2D eigenvalue weighted by Crippen LogP contribution is 2.42. The lowest BCUT2D eigenvalue weighted by Gasteiger charge is -2.38. The summed E-state index contributed by atoms with van der Waals surface area (Å²) in [6.45, 7) is 7.90. The van der Waals surface area contributed by atoms with E-state index in [1.807, 2.05) is 60.5 Å². The standard InChI is InChI=1S/C35H36F3N7O4S/c1-5-44-31-26(15-39-45(31)24-12-7-6-8-13-24)28(29(33(44)48)41-30(46)27-20-50-34(40-27)35(36,37)38)23-11-9-10-22(14-23)17-43(4)32(47)21(2)16-42(3)25-18-49-19-25/h6-15,20,25,28-29H,2,5,16-19H2,1,3-4H3,(H,41,46)/t28-,29+/m1/s1. The zero-order chi connectivity index (χ0) is 35.7. The number of benzene rings is 2. The summed E-state index contributed by atoms with van der Waals surface area (Å²) in [5.41, 5.74) is 2.75. The van der Waals surface area contributed by atoms with Gasteiger partial charge in [0.15, 0.2) is 5.01 Å². The van der Waals surface area contributed by atoms with E-state index in [-0.39, 0.29) is 25.0 Å². The number of nitrogens with zero attached hydrogens (tertiary/aromatic N) is 6. The minimum atomic E-state index is -4.71. The average molecular weight is 708 g/mol. The van der Waals surface area contributed by atoms with Gasteiger partial charge in [-0.15, -0.1) is 11.3 Å². The van der Waals surface area contributed by atoms with Gasteiger partial charge in [0.25, 0.3) is 17.7 Å². The molecule has 4 aromatic rings. The molecule has 0 spiro atoms. The highest BCUT2D eigenvalue weighted by molar-refractivity contribution is 7.10. The minimum Gasteiger partial charge on any atom is -0.378 e. The second-order valence-electron chi connectivity index (χ2n) is 12.3. The number of thiazole rings is 1. The summed E-state index contributed by atoms with van der Waals surface area (Å²) in [7, 11) is 3.61. The molecule has 15 heteroatoms. The lowest BCUT2D eigenvalue weighted by molar-refractivity contribution is -0.137. The van der Waals surface area contributed by atoms with Gasteiger partial charge in [-0.25, -0.2) is 9.67 Å². The number of hydrogen-bond donors (Lipinski definition) is 1. The first-order valence-corrected chi connectivity index (χ1v) is 16.8. The quantitative estimate of drug-likeness (QED) is 0.229. The van der Waals surface area contributed by atoms with Gasteiger partial charge in [0.2, 0.25) is 0 Å². The fourth-order valence-electron chi connectivity index (χ4n) is 6.22. The molecule has 0 unspecified atom stereocenters. The van der Waals surface area contributed by atoms with Gasteiger partial charge in [0.1, 0.15) is 17.6 Å². The van der Waals surface area contributed by atoms with Gasteiger partial charge in [-0.1, -0.05) is 49.0 Å². The monoisotopic (exact) mass is 707 g/mol. The second kappa shape index (κ2) is 14.2. The number of amides is 3. The highest BCUT2D eigenvalue weighted by Gasteiger charge is 2.45. The molecule has 4 heterocycles. The zero-order valence-corrected chi connectivity index (χ0v) is 28.5. The number of nitrogens with one attached hydrogen (secondary N) is 1. The van der Waals surface area contributed by atoms with Crippen molar-refractivity contribution in [3.8, 4) is 5.69 Å². The Morgan fingerprint density at radius 2 is 1.86 bits per heavy atom. The molecule has 0 radical (unpaired) electrons. The number of fused-ring (bicyclic) bond motifs is 1. The largest absolute Gasteiger partial charge is 0.443 e. The number of aromatic nitrogens is 3. The van der Waals surface area contributed by atoms with Crippen LogP contribution in [0.3, 0.4) is 0 Å². The Morgan fingerprint density at radius 3 is 2.50 bits per heavy atom. The number of halogens is 3. The molecule has 11 nitrogen and oxygen atoms in total. The maximum absolute atomic E-state index is 14.3. The lowest BCUT2D eigenvalue weighted by Crippen LogP contribution is -2.55. The van der Waals surface area contributed by atoms with E-state index in [1.54, 1.807) is 35.8 Å². The van der Waals surface area contributed by atoms with Crippen molar-refractivity contribution in [3.63, 3.8) is 0 Å². The molecule has 3 amide bonds. The van der Waals surface area contributed by atoms with Crippen LogP contribution in [0.2, 0.25) is 0 Å². The first kappa shape index (κ1) is 35.0. The van der Waals surface area contributed by atoms with Crippen molar-refractivity contribution in [2.24, 2.45) is 0 Å². The summed E-state index contributed by atoms with van der Waals surface area (Å²) in [4.78, 5) is 49.6. The van der Waals surface area contributed by atoms with Crippen LogP contribution in [-0.2, 0) is 27.0 Å². The predicted molar refractivity (Wildman–Crippen MR) is 181 cm³/mol. The highest BCUT2D eigenvalue weighted by atomic mass is 32.1. The van der Waals surface area contributed by atoms with Crippen LogP contribution in [0.1, 0.15) is 45.0 Å². The number of alkyl halides is 3. The number of ether oxygens (including phenoxy) is 1. The molecule has 0 aliphatic carbocycles. The number of likely N-dealkylation sites (N-methyl/N-ethyl adjacent to an activating group) is 3. The van der Waals surface area contributed by atoms with E-state index in [4.69, 9.17) is 4.74 Å². The first-order chi connectivity index (χ1) is 23.9. The van der Waals surface area contributed by atoms with Gasteiger partial charge in [-0.2, -0.15) is 18.3 Å². The number of rotatable bonds is 11. The normalized spacial score (nSPS) is 17.7. The molecule has 2 aromatic carbocycles. The van der Waals surface area contributed by atoms with Crippen molar-refractivity contribution in [2.75, 3.05) is 45.3 Å². The van der Waals surface area contributed by atoms with Crippen LogP contribution in [0.25, 0.3) is 5.69 Å². The third kappa shape index (κ3) is 6.93. The van der Waals surface area contributed by atoms with Crippen LogP contribution in [-0.4, -0.2) is 94.8 Å². The van der Waals surface area contributed by atoms with E-state index >= 15 is 0 Å². The third-order valence-electron chi connectivity index (χ3n) is 8.87. The molecule has 50 heavy (non-hydrogen) atoms. The van der Waals surface area contributed by atoms with Crippen molar-refractivity contribution < 1.29 is 32.3 Å². The number of carbonyl (C=O) groups excluding carboxylic acids is 3. The molecule has 2 atom stereocenters. The maximum atomic E-state index is 14.3. The van der Waals surface area contributed by atoms with Crippen molar-refractivity contribution in [3.05, 3.63) is 106 Å². The number of anilines is 1. The van der Waals surface area contributed by atoms with Gasteiger partial charge in [-0.05, 0) is 37.2 Å². The smallest absolute Gasteiger partial charge is 0.378 e. The maximum Gasteiger partial charge on any atom is 0.443 e. The molecule has 1 saturated heterocycles. The van der Waals surface area contributed by atoms with Crippen LogP contribution < -0.4 is 10.2 Å². The minimum absolute atomic E-state index is 0.216. The fourth-order valence-corrected chi connectivity index (χ4v) is 6.89. The number of hydrogen-bond acceptors (Lipinski definition) is 8. The number of carbonyl (C=O) groups is 3. The SMILES string of the molecule is C=C(CN(C)C1COC1)C(=O)N(C)Cc1cccc([C@@H]2c3cnn(-c4ccccc4)c3N(CC)C(=O)[C@H]2NC(=O)c2csc(C(F)(F)F)n2)c1. The first-order valence-electron chi connectivity index (χ1n) is 16.0. The van der Waals surface area contributed by atoms with Gasteiger partial charge in [0.05, 0.1) is 31.1 Å². The third-order valence-corrected chi connectivity index (χ3v) is 9.76. The Morgan fingerprint density at radius 1 is 1.12 bits per heavy atom. The second-order valence-corrected chi connectivity index (χ2v) is 13.2. The van der Waals surface area contributed by atoms with Gasteiger partial charge in [-0.3, -0.25) is 24.2 Å². The van der Waals surface area contributed by atoms with Gasteiger partial charge in [0, 0.05) is 49.1 Å². The Balaban J connectivity index is 1.34. The molecule has 1 N–H and O–H groups in total. The van der Waals surface area contributed by atoms with Gasteiger partial charge < -0.3 is 15.0 Å². The Kier molecular flexibility index (Phi) is 9.91. The summed E-state index contributed by atoms with van der Waals surface area (Å²) in [5, 5.41) is 7.21. The molecular weight excluding hydrogens is 671 g/mol. The van der Waals surface area contributed by atoms with Crippen molar-refractivity contribution in [1.82, 2.24) is 29.9 Å². The van der Waals surface area contributed by atoms with E-state index in [9.17, 15) is 27.6 Å². The topological polar surface area (TPSA) is 113 Å².